The molecule has 2 aromatic heterocycles. The Morgan fingerprint density at radius 2 is 1.90 bits per heavy atom. The summed E-state index contributed by atoms with van der Waals surface area (Å²) in [6, 6.07) is 5.96. The van der Waals surface area contributed by atoms with Gasteiger partial charge in [-0.3, -0.25) is 14.1 Å². The van der Waals surface area contributed by atoms with Crippen LogP contribution in [0, 0.1) is 6.92 Å². The molecule has 0 atom stereocenters. The van der Waals surface area contributed by atoms with Gasteiger partial charge in [0.1, 0.15) is 5.52 Å². The summed E-state index contributed by atoms with van der Waals surface area (Å²) < 4.78 is 36.3. The van der Waals surface area contributed by atoms with Gasteiger partial charge in [-0.15, -0.1) is 0 Å². The van der Waals surface area contributed by atoms with E-state index in [1.54, 1.807) is 40.3 Å². The highest BCUT2D eigenvalue weighted by Crippen LogP contribution is 2.34. The lowest BCUT2D eigenvalue weighted by Crippen LogP contribution is -2.18. The van der Waals surface area contributed by atoms with Gasteiger partial charge in [0.05, 0.1) is 24.1 Å². The first kappa shape index (κ1) is 21.9. The van der Waals surface area contributed by atoms with Crippen molar-refractivity contribution in [3.8, 4) is 17.1 Å². The van der Waals surface area contributed by atoms with Gasteiger partial charge in [-0.25, -0.2) is 8.42 Å². The third kappa shape index (κ3) is 4.21. The summed E-state index contributed by atoms with van der Waals surface area (Å²) in [5, 5.41) is 0. The Hall–Kier alpha value is -2.81. The Morgan fingerprint density at radius 1 is 1.17 bits per heavy atom. The number of fused-ring (bicyclic) bond motifs is 1. The number of rotatable bonds is 8. The zero-order valence-corrected chi connectivity index (χ0v) is 18.8. The molecule has 2 heterocycles. The number of sulfonamides is 1. The fourth-order valence-electron chi connectivity index (χ4n) is 3.41. The van der Waals surface area contributed by atoms with Gasteiger partial charge < -0.3 is 9.30 Å². The van der Waals surface area contributed by atoms with E-state index in [1.807, 2.05) is 16.7 Å². The summed E-state index contributed by atoms with van der Waals surface area (Å²) in [6.45, 7) is 6.15. The predicted molar refractivity (Wildman–Crippen MR) is 120 cm³/mol. The van der Waals surface area contributed by atoms with E-state index in [-0.39, 0.29) is 11.3 Å². The second-order valence-electron chi connectivity index (χ2n) is 7.33. The van der Waals surface area contributed by atoms with E-state index in [9.17, 15) is 13.2 Å². The maximum atomic E-state index is 12.3. The average Bonchev–Trinajstić information content (AvgIpc) is 3.07. The molecule has 0 aliphatic heterocycles. The number of nitrogens with one attached hydrogen (secondary N) is 1. The predicted octanol–water partition coefficient (Wildman–Crippen LogP) is 3.28. The van der Waals surface area contributed by atoms with Crippen molar-refractivity contribution in [1.29, 1.82) is 0 Å². The Kier molecular flexibility index (Phi) is 6.21. The molecule has 0 unspecified atom stereocenters. The molecule has 8 nitrogen and oxygen atoms in total. The molecular weight excluding hydrogens is 404 g/mol. The van der Waals surface area contributed by atoms with Crippen molar-refractivity contribution in [2.45, 2.75) is 40.2 Å². The van der Waals surface area contributed by atoms with Crippen molar-refractivity contribution in [3.05, 3.63) is 40.3 Å². The molecule has 0 amide bonds. The number of imidazole rings is 1. The number of pyridine rings is 1. The second kappa shape index (κ2) is 8.51. The number of unbranched alkanes of at least 4 members (excludes halogenated alkanes) is 1. The number of anilines is 1. The molecule has 30 heavy (non-hydrogen) atoms. The molecule has 3 aromatic rings. The third-order valence-corrected chi connectivity index (χ3v) is 6.37. The molecule has 162 valence electrons. The van der Waals surface area contributed by atoms with Crippen LogP contribution in [0.2, 0.25) is 0 Å². The van der Waals surface area contributed by atoms with Crippen molar-refractivity contribution in [2.24, 2.45) is 7.05 Å². The number of aryl methyl sites for hydroxylation is 3. The summed E-state index contributed by atoms with van der Waals surface area (Å²) in [6.07, 6.45) is 3.68. The fourth-order valence-corrected chi connectivity index (χ4v) is 4.04. The standard InChI is InChI=1S/C21H28N4O4S/c1-6-8-9-25-18-12-15(16-10-14(3)20(26)24(4)13-16)11-17(23-30(27,28)7-2)19(18)22-21(25)29-5/h10-13,23H,6-9H2,1-5H3. The molecule has 9 heteroatoms. The summed E-state index contributed by atoms with van der Waals surface area (Å²) in [5.74, 6) is -0.0503. The van der Waals surface area contributed by atoms with E-state index in [2.05, 4.69) is 16.6 Å². The molecule has 0 aliphatic carbocycles. The van der Waals surface area contributed by atoms with Crippen LogP contribution >= 0.6 is 0 Å². The van der Waals surface area contributed by atoms with Crippen LogP contribution in [0.25, 0.3) is 22.2 Å². The Balaban J connectivity index is 2.32. The van der Waals surface area contributed by atoms with Crippen LogP contribution in [0.1, 0.15) is 32.3 Å². The van der Waals surface area contributed by atoms with Gasteiger partial charge in [0.15, 0.2) is 0 Å². The molecule has 0 fully saturated rings. The first-order valence-electron chi connectivity index (χ1n) is 9.97. The van der Waals surface area contributed by atoms with Crippen molar-refractivity contribution in [2.75, 3.05) is 17.6 Å². The van der Waals surface area contributed by atoms with E-state index in [1.165, 1.54) is 4.57 Å². The zero-order chi connectivity index (χ0) is 22.1. The van der Waals surface area contributed by atoms with Crippen LogP contribution < -0.4 is 15.0 Å². The van der Waals surface area contributed by atoms with E-state index in [0.29, 0.717) is 29.3 Å². The lowest BCUT2D eigenvalue weighted by molar-refractivity contribution is 0.357. The van der Waals surface area contributed by atoms with E-state index >= 15 is 0 Å². The molecule has 1 aromatic carbocycles. The fraction of sp³-hybridized carbons (Fsp3) is 0.429. The number of hydrogen-bond acceptors (Lipinski definition) is 5. The van der Waals surface area contributed by atoms with Gasteiger partial charge in [0, 0.05) is 25.4 Å². The maximum absolute atomic E-state index is 12.3. The van der Waals surface area contributed by atoms with Gasteiger partial charge in [-0.05, 0) is 49.6 Å². The number of benzene rings is 1. The molecule has 0 radical (unpaired) electrons. The van der Waals surface area contributed by atoms with E-state index < -0.39 is 10.0 Å². The minimum Gasteiger partial charge on any atom is -0.468 e. The van der Waals surface area contributed by atoms with Crippen LogP contribution in [-0.2, 0) is 23.6 Å². The molecule has 1 N–H and O–H groups in total. The first-order valence-corrected chi connectivity index (χ1v) is 11.6. The molecule has 0 spiro atoms. The van der Waals surface area contributed by atoms with Crippen LogP contribution in [0.5, 0.6) is 6.01 Å². The topological polar surface area (TPSA) is 95.2 Å². The number of hydrogen-bond donors (Lipinski definition) is 1. The van der Waals surface area contributed by atoms with Gasteiger partial charge >= 0.3 is 0 Å². The quantitative estimate of drug-likeness (QED) is 0.589. The van der Waals surface area contributed by atoms with Crippen LogP contribution in [-0.4, -0.2) is 35.4 Å². The monoisotopic (exact) mass is 432 g/mol. The summed E-state index contributed by atoms with van der Waals surface area (Å²) >= 11 is 0. The summed E-state index contributed by atoms with van der Waals surface area (Å²) in [4.78, 5) is 16.7. The highest BCUT2D eigenvalue weighted by atomic mass is 32.2. The number of nitrogens with zero attached hydrogens (tertiary/aromatic N) is 3. The van der Waals surface area contributed by atoms with Crippen LogP contribution in [0.15, 0.2) is 29.2 Å². The van der Waals surface area contributed by atoms with E-state index in [0.717, 1.165) is 29.5 Å². The van der Waals surface area contributed by atoms with Crippen LogP contribution in [0.3, 0.4) is 0 Å². The number of aromatic nitrogens is 3. The number of methoxy groups -OCH3 is 1. The zero-order valence-electron chi connectivity index (χ0n) is 18.0. The van der Waals surface area contributed by atoms with E-state index in [4.69, 9.17) is 4.74 Å². The highest BCUT2D eigenvalue weighted by Gasteiger charge is 2.19. The summed E-state index contributed by atoms with van der Waals surface area (Å²) in [5.41, 5.74) is 3.85. The molecule has 0 saturated carbocycles. The highest BCUT2D eigenvalue weighted by molar-refractivity contribution is 7.92. The first-order chi connectivity index (χ1) is 14.2. The lowest BCUT2D eigenvalue weighted by atomic mass is 10.0. The van der Waals surface area contributed by atoms with Crippen LogP contribution in [0.4, 0.5) is 5.69 Å². The minimum atomic E-state index is -3.51. The summed E-state index contributed by atoms with van der Waals surface area (Å²) in [7, 11) is -0.255. The molecular formula is C21H28N4O4S. The van der Waals surface area contributed by atoms with Gasteiger partial charge in [0.2, 0.25) is 10.0 Å². The van der Waals surface area contributed by atoms with Crippen molar-refractivity contribution in [1.82, 2.24) is 14.1 Å². The minimum absolute atomic E-state index is 0.0503. The molecule has 0 saturated heterocycles. The van der Waals surface area contributed by atoms with Gasteiger partial charge in [-0.2, -0.15) is 4.98 Å². The van der Waals surface area contributed by atoms with Crippen molar-refractivity contribution >= 4 is 26.7 Å². The van der Waals surface area contributed by atoms with Crippen molar-refractivity contribution in [3.63, 3.8) is 0 Å². The van der Waals surface area contributed by atoms with Gasteiger partial charge in [-0.1, -0.05) is 13.3 Å². The normalized spacial score (nSPS) is 11.8. The second-order valence-corrected chi connectivity index (χ2v) is 9.34. The van der Waals surface area contributed by atoms with Crippen molar-refractivity contribution < 1.29 is 13.2 Å². The third-order valence-electron chi connectivity index (χ3n) is 5.08. The smallest absolute Gasteiger partial charge is 0.297 e. The largest absolute Gasteiger partial charge is 0.468 e. The molecule has 3 rings (SSSR count). The molecule has 0 bridgehead atoms. The molecule has 0 aliphatic rings. The SMILES string of the molecule is CCCCn1c(OC)nc2c(NS(=O)(=O)CC)cc(-c3cc(C)c(=O)n(C)c3)cc21. The van der Waals surface area contributed by atoms with Gasteiger partial charge in [0.25, 0.3) is 11.6 Å². The number of ether oxygens (including phenoxy) is 1. The maximum Gasteiger partial charge on any atom is 0.297 e. The lowest BCUT2D eigenvalue weighted by Gasteiger charge is -2.12. The average molecular weight is 433 g/mol. The Morgan fingerprint density at radius 3 is 2.50 bits per heavy atom. The Labute approximate surface area is 176 Å². The Bertz CT molecular complexity index is 1220.